The van der Waals surface area contributed by atoms with E-state index in [1.165, 1.54) is 0 Å². The van der Waals surface area contributed by atoms with E-state index in [-0.39, 0.29) is 11.4 Å². The third-order valence-electron chi connectivity index (χ3n) is 1.55. The van der Waals surface area contributed by atoms with Gasteiger partial charge in [-0.3, -0.25) is 0 Å². The first-order valence-corrected chi connectivity index (χ1v) is 4.11. The molecule has 2 N–H and O–H groups in total. The summed E-state index contributed by atoms with van der Waals surface area (Å²) in [7, 11) is 0. The highest BCUT2D eigenvalue weighted by atomic mass is 79.9. The van der Waals surface area contributed by atoms with Gasteiger partial charge in [0.15, 0.2) is 0 Å². The molecule has 0 radical (unpaired) electrons. The van der Waals surface area contributed by atoms with Gasteiger partial charge in [-0.05, 0) is 12.8 Å². The van der Waals surface area contributed by atoms with Crippen LogP contribution in [0.15, 0.2) is 0 Å². The van der Waals surface area contributed by atoms with E-state index < -0.39 is 0 Å². The fourth-order valence-corrected chi connectivity index (χ4v) is 2.04. The zero-order valence-corrected chi connectivity index (χ0v) is 6.82. The summed E-state index contributed by atoms with van der Waals surface area (Å²) in [5, 5.41) is 0.194. The number of rotatable bonds is 0. The Morgan fingerprint density at radius 3 is 2.25 bits per heavy atom. The van der Waals surface area contributed by atoms with Crippen molar-refractivity contribution in [3.05, 3.63) is 0 Å². The Kier molecular flexibility index (Phi) is 2.18. The van der Waals surface area contributed by atoms with E-state index in [4.69, 9.17) is 17.3 Å². The van der Waals surface area contributed by atoms with Crippen molar-refractivity contribution in [2.24, 2.45) is 5.73 Å². The lowest BCUT2D eigenvalue weighted by Crippen LogP contribution is -2.31. The Balaban J connectivity index is 2.44. The molecule has 1 nitrogen and oxygen atoms in total. The maximum Gasteiger partial charge on any atom is 0.0498 e. The highest BCUT2D eigenvalue weighted by molar-refractivity contribution is 9.09. The van der Waals surface area contributed by atoms with Gasteiger partial charge in [-0.15, -0.1) is 11.6 Å². The zero-order chi connectivity index (χ0) is 6.15. The molecular weight excluding hydrogens is 189 g/mol. The summed E-state index contributed by atoms with van der Waals surface area (Å²) in [6, 6.07) is 0.164. The monoisotopic (exact) mass is 197 g/mol. The number of halogens is 2. The zero-order valence-electron chi connectivity index (χ0n) is 4.48. The molecule has 1 aliphatic carbocycles. The van der Waals surface area contributed by atoms with Gasteiger partial charge >= 0.3 is 0 Å². The molecule has 1 rings (SSSR count). The van der Waals surface area contributed by atoms with E-state index in [2.05, 4.69) is 15.9 Å². The van der Waals surface area contributed by atoms with Crippen molar-refractivity contribution in [3.8, 4) is 0 Å². The van der Waals surface area contributed by atoms with Crippen LogP contribution in [0.2, 0.25) is 0 Å². The van der Waals surface area contributed by atoms with Gasteiger partial charge < -0.3 is 5.73 Å². The summed E-state index contributed by atoms with van der Waals surface area (Å²) in [6.07, 6.45) is 2.17. The van der Waals surface area contributed by atoms with Gasteiger partial charge in [0.05, 0.1) is 0 Å². The van der Waals surface area contributed by atoms with Crippen LogP contribution in [-0.2, 0) is 0 Å². The standard InChI is InChI=1S/C5H9BrClN/c6-3-1-2-4(7)5(3)8/h3-5H,1-2,8H2. The topological polar surface area (TPSA) is 26.0 Å². The van der Waals surface area contributed by atoms with Crippen LogP contribution in [0.25, 0.3) is 0 Å². The molecule has 3 heteroatoms. The molecule has 48 valence electrons. The molecule has 0 spiro atoms. The van der Waals surface area contributed by atoms with Crippen LogP contribution in [0.1, 0.15) is 12.8 Å². The summed E-state index contributed by atoms with van der Waals surface area (Å²) < 4.78 is 0. The molecule has 1 saturated carbocycles. The molecule has 3 unspecified atom stereocenters. The predicted octanol–water partition coefficient (Wildman–Crippen LogP) is 1.48. The second-order valence-electron chi connectivity index (χ2n) is 2.19. The largest absolute Gasteiger partial charge is 0.325 e. The molecule has 0 saturated heterocycles. The molecule has 0 bridgehead atoms. The van der Waals surface area contributed by atoms with Gasteiger partial charge in [0.2, 0.25) is 0 Å². The lowest BCUT2D eigenvalue weighted by Gasteiger charge is -2.08. The normalized spacial score (nSPS) is 47.6. The second-order valence-corrected chi connectivity index (χ2v) is 3.92. The molecule has 1 aliphatic rings. The molecule has 0 aliphatic heterocycles. The average Bonchev–Trinajstić information content (AvgIpc) is 1.98. The van der Waals surface area contributed by atoms with E-state index in [1.807, 2.05) is 0 Å². The minimum atomic E-state index is 0.164. The van der Waals surface area contributed by atoms with Crippen molar-refractivity contribution in [2.75, 3.05) is 0 Å². The highest BCUT2D eigenvalue weighted by Crippen LogP contribution is 2.28. The Hall–Kier alpha value is 0.730. The molecule has 3 atom stereocenters. The number of nitrogens with two attached hydrogens (primary N) is 1. The van der Waals surface area contributed by atoms with Crippen LogP contribution in [0.4, 0.5) is 0 Å². The van der Waals surface area contributed by atoms with Gasteiger partial charge in [-0.2, -0.15) is 0 Å². The molecule has 0 aromatic carbocycles. The highest BCUT2D eigenvalue weighted by Gasteiger charge is 2.29. The molecule has 1 fully saturated rings. The number of hydrogen-bond acceptors (Lipinski definition) is 1. The van der Waals surface area contributed by atoms with Crippen LogP contribution in [-0.4, -0.2) is 16.2 Å². The average molecular weight is 198 g/mol. The first-order chi connectivity index (χ1) is 3.72. The first kappa shape index (κ1) is 6.84. The molecule has 8 heavy (non-hydrogen) atoms. The summed E-state index contributed by atoms with van der Waals surface area (Å²) in [5.41, 5.74) is 5.64. The minimum Gasteiger partial charge on any atom is -0.325 e. The Morgan fingerprint density at radius 2 is 2.12 bits per heavy atom. The van der Waals surface area contributed by atoms with Crippen molar-refractivity contribution >= 4 is 27.5 Å². The van der Waals surface area contributed by atoms with Gasteiger partial charge in [-0.25, -0.2) is 0 Å². The van der Waals surface area contributed by atoms with E-state index in [0.29, 0.717) is 4.83 Å². The van der Waals surface area contributed by atoms with E-state index >= 15 is 0 Å². The molecule has 0 aromatic heterocycles. The Bertz CT molecular complexity index is 78.5. The van der Waals surface area contributed by atoms with E-state index in [0.717, 1.165) is 12.8 Å². The minimum absolute atomic E-state index is 0.164. The quantitative estimate of drug-likeness (QED) is 0.586. The summed E-state index contributed by atoms with van der Waals surface area (Å²) in [4.78, 5) is 0.449. The van der Waals surface area contributed by atoms with Gasteiger partial charge in [0.1, 0.15) is 0 Å². The predicted molar refractivity (Wildman–Crippen MR) is 39.6 cm³/mol. The van der Waals surface area contributed by atoms with E-state index in [1.54, 1.807) is 0 Å². The fraction of sp³-hybridized carbons (Fsp3) is 1.00. The summed E-state index contributed by atoms with van der Waals surface area (Å²) in [6.45, 7) is 0. The third kappa shape index (κ3) is 1.17. The van der Waals surface area contributed by atoms with Gasteiger partial charge in [-0.1, -0.05) is 15.9 Å². The van der Waals surface area contributed by atoms with Crippen molar-refractivity contribution in [1.82, 2.24) is 0 Å². The van der Waals surface area contributed by atoms with Crippen molar-refractivity contribution in [3.63, 3.8) is 0 Å². The maximum atomic E-state index is 5.80. The Labute approximate surface area is 62.7 Å². The smallest absolute Gasteiger partial charge is 0.0498 e. The molecule has 0 amide bonds. The molecule has 0 aromatic rings. The van der Waals surface area contributed by atoms with Crippen molar-refractivity contribution in [2.45, 2.75) is 29.1 Å². The van der Waals surface area contributed by atoms with Crippen molar-refractivity contribution < 1.29 is 0 Å². The fourth-order valence-electron chi connectivity index (χ4n) is 0.930. The lowest BCUT2D eigenvalue weighted by molar-refractivity contribution is 0.730. The number of hydrogen-bond donors (Lipinski definition) is 1. The summed E-state index contributed by atoms with van der Waals surface area (Å²) in [5.74, 6) is 0. The maximum absolute atomic E-state index is 5.80. The van der Waals surface area contributed by atoms with Crippen LogP contribution in [0.5, 0.6) is 0 Å². The van der Waals surface area contributed by atoms with E-state index in [9.17, 15) is 0 Å². The SMILES string of the molecule is NC1C(Cl)CCC1Br. The molecule has 0 heterocycles. The second kappa shape index (κ2) is 2.54. The van der Waals surface area contributed by atoms with Crippen LogP contribution in [0, 0.1) is 0 Å². The van der Waals surface area contributed by atoms with Crippen molar-refractivity contribution in [1.29, 1.82) is 0 Å². The molecular formula is C5H9BrClN. The Morgan fingerprint density at radius 1 is 1.50 bits per heavy atom. The lowest BCUT2D eigenvalue weighted by atomic mass is 10.3. The number of alkyl halides is 2. The third-order valence-corrected chi connectivity index (χ3v) is 3.13. The summed E-state index contributed by atoms with van der Waals surface area (Å²) >= 11 is 9.24. The van der Waals surface area contributed by atoms with Gasteiger partial charge in [0.25, 0.3) is 0 Å². The van der Waals surface area contributed by atoms with Crippen LogP contribution in [0.3, 0.4) is 0 Å². The first-order valence-electron chi connectivity index (χ1n) is 2.75. The van der Waals surface area contributed by atoms with Gasteiger partial charge in [0, 0.05) is 16.2 Å². The van der Waals surface area contributed by atoms with Crippen LogP contribution >= 0.6 is 27.5 Å². The van der Waals surface area contributed by atoms with Crippen LogP contribution < -0.4 is 5.73 Å².